The highest BCUT2D eigenvalue weighted by Crippen LogP contribution is 2.24. The fourth-order valence-corrected chi connectivity index (χ4v) is 1.51. The summed E-state index contributed by atoms with van der Waals surface area (Å²) in [7, 11) is 0. The first-order chi connectivity index (χ1) is 8.74. The van der Waals surface area contributed by atoms with Gasteiger partial charge in [-0.3, -0.25) is 4.79 Å². The summed E-state index contributed by atoms with van der Waals surface area (Å²) in [5.74, 6) is -1.01. The van der Waals surface area contributed by atoms with Gasteiger partial charge in [-0.05, 0) is 33.8 Å². The lowest BCUT2D eigenvalue weighted by Crippen LogP contribution is -2.46. The van der Waals surface area contributed by atoms with Crippen LogP contribution in [0.5, 0.6) is 5.75 Å². The SMILES string of the molecule is CC(Oc1c(F)cccc1CO)C(=O)NC(C)(C)C. The first kappa shape index (κ1) is 15.4. The van der Waals surface area contributed by atoms with E-state index in [2.05, 4.69) is 5.32 Å². The van der Waals surface area contributed by atoms with E-state index in [1.807, 2.05) is 20.8 Å². The van der Waals surface area contributed by atoms with Crippen LogP contribution in [0.4, 0.5) is 4.39 Å². The van der Waals surface area contributed by atoms with Crippen LogP contribution >= 0.6 is 0 Å². The van der Waals surface area contributed by atoms with Gasteiger partial charge in [-0.15, -0.1) is 0 Å². The molecule has 0 radical (unpaired) electrons. The van der Waals surface area contributed by atoms with E-state index in [-0.39, 0.29) is 23.8 Å². The molecular formula is C14H20FNO3. The van der Waals surface area contributed by atoms with Crippen molar-refractivity contribution in [1.82, 2.24) is 5.32 Å². The van der Waals surface area contributed by atoms with E-state index in [1.165, 1.54) is 19.1 Å². The summed E-state index contributed by atoms with van der Waals surface area (Å²) < 4.78 is 19.0. The Morgan fingerprint density at radius 1 is 1.47 bits per heavy atom. The predicted molar refractivity (Wildman–Crippen MR) is 70.3 cm³/mol. The number of hydrogen-bond donors (Lipinski definition) is 2. The van der Waals surface area contributed by atoms with Gasteiger partial charge < -0.3 is 15.2 Å². The molecule has 0 bridgehead atoms. The Morgan fingerprint density at radius 2 is 2.11 bits per heavy atom. The van der Waals surface area contributed by atoms with Gasteiger partial charge in [0.1, 0.15) is 0 Å². The van der Waals surface area contributed by atoms with Crippen molar-refractivity contribution in [3.63, 3.8) is 0 Å². The Hall–Kier alpha value is -1.62. The fourth-order valence-electron chi connectivity index (χ4n) is 1.51. The zero-order valence-electron chi connectivity index (χ0n) is 11.7. The summed E-state index contributed by atoms with van der Waals surface area (Å²) >= 11 is 0. The summed E-state index contributed by atoms with van der Waals surface area (Å²) in [6.45, 7) is 6.73. The minimum Gasteiger partial charge on any atom is -0.477 e. The molecule has 1 rings (SSSR count). The Bertz CT molecular complexity index is 454. The molecule has 4 nitrogen and oxygen atoms in total. The third-order valence-electron chi connectivity index (χ3n) is 2.38. The largest absolute Gasteiger partial charge is 0.477 e. The molecule has 1 atom stereocenters. The number of ether oxygens (including phenoxy) is 1. The van der Waals surface area contributed by atoms with Gasteiger partial charge in [0.15, 0.2) is 17.7 Å². The van der Waals surface area contributed by atoms with Gasteiger partial charge in [-0.1, -0.05) is 12.1 Å². The lowest BCUT2D eigenvalue weighted by atomic mass is 10.1. The Balaban J connectivity index is 2.82. The van der Waals surface area contributed by atoms with Gasteiger partial charge >= 0.3 is 0 Å². The van der Waals surface area contributed by atoms with Gasteiger partial charge in [-0.2, -0.15) is 0 Å². The number of para-hydroxylation sites is 1. The van der Waals surface area contributed by atoms with Gasteiger partial charge in [0.05, 0.1) is 6.61 Å². The lowest BCUT2D eigenvalue weighted by Gasteiger charge is -2.24. The molecule has 0 aliphatic rings. The number of amides is 1. The van der Waals surface area contributed by atoms with E-state index in [0.717, 1.165) is 0 Å². The number of carbonyl (C=O) groups is 1. The van der Waals surface area contributed by atoms with E-state index in [0.29, 0.717) is 5.56 Å². The molecule has 0 aliphatic carbocycles. The van der Waals surface area contributed by atoms with Crippen LogP contribution in [0.1, 0.15) is 33.3 Å². The molecule has 5 heteroatoms. The first-order valence-electron chi connectivity index (χ1n) is 6.11. The van der Waals surface area contributed by atoms with Gasteiger partial charge in [0, 0.05) is 11.1 Å². The van der Waals surface area contributed by atoms with Crippen LogP contribution in [0.25, 0.3) is 0 Å². The fraction of sp³-hybridized carbons (Fsp3) is 0.500. The Kier molecular flexibility index (Phi) is 4.89. The molecule has 1 unspecified atom stereocenters. The molecule has 0 aliphatic heterocycles. The normalized spacial score (nSPS) is 12.9. The number of carbonyl (C=O) groups excluding carboxylic acids is 1. The molecule has 0 aromatic heterocycles. The quantitative estimate of drug-likeness (QED) is 0.879. The minimum absolute atomic E-state index is 0.0819. The van der Waals surface area contributed by atoms with Crippen LogP contribution in [0.2, 0.25) is 0 Å². The highest BCUT2D eigenvalue weighted by atomic mass is 19.1. The van der Waals surface area contributed by atoms with Crippen molar-refractivity contribution in [2.75, 3.05) is 0 Å². The number of aliphatic hydroxyl groups excluding tert-OH is 1. The van der Waals surface area contributed by atoms with Crippen molar-refractivity contribution < 1.29 is 19.0 Å². The maximum atomic E-state index is 13.6. The molecule has 0 spiro atoms. The van der Waals surface area contributed by atoms with Crippen molar-refractivity contribution in [1.29, 1.82) is 0 Å². The maximum Gasteiger partial charge on any atom is 0.261 e. The predicted octanol–water partition coefficient (Wildman–Crippen LogP) is 2.00. The molecule has 106 valence electrons. The van der Waals surface area contributed by atoms with Crippen LogP contribution in [-0.4, -0.2) is 22.7 Å². The zero-order valence-corrected chi connectivity index (χ0v) is 11.7. The van der Waals surface area contributed by atoms with E-state index >= 15 is 0 Å². The van der Waals surface area contributed by atoms with Gasteiger partial charge in [0.25, 0.3) is 5.91 Å². The number of aliphatic hydroxyl groups is 1. The Labute approximate surface area is 112 Å². The summed E-state index contributed by atoms with van der Waals surface area (Å²) in [5.41, 5.74) is -0.0700. The topological polar surface area (TPSA) is 58.6 Å². The van der Waals surface area contributed by atoms with Gasteiger partial charge in [-0.25, -0.2) is 4.39 Å². The van der Waals surface area contributed by atoms with Crippen LogP contribution < -0.4 is 10.1 Å². The third kappa shape index (κ3) is 4.52. The van der Waals surface area contributed by atoms with Crippen molar-refractivity contribution in [3.05, 3.63) is 29.6 Å². The second kappa shape index (κ2) is 6.02. The number of benzene rings is 1. The summed E-state index contributed by atoms with van der Waals surface area (Å²) in [6.07, 6.45) is -0.846. The molecule has 1 aromatic carbocycles. The summed E-state index contributed by atoms with van der Waals surface area (Å²) in [6, 6.07) is 4.25. The van der Waals surface area contributed by atoms with Crippen molar-refractivity contribution in [2.45, 2.75) is 45.9 Å². The zero-order chi connectivity index (χ0) is 14.6. The van der Waals surface area contributed by atoms with E-state index in [9.17, 15) is 9.18 Å². The van der Waals surface area contributed by atoms with E-state index < -0.39 is 11.9 Å². The van der Waals surface area contributed by atoms with E-state index in [1.54, 1.807) is 6.07 Å². The highest BCUT2D eigenvalue weighted by molar-refractivity contribution is 5.81. The standard InChI is InChI=1S/C14H20FNO3/c1-9(13(18)16-14(2,3)4)19-12-10(8-17)6-5-7-11(12)15/h5-7,9,17H,8H2,1-4H3,(H,16,18). The smallest absolute Gasteiger partial charge is 0.261 e. The minimum atomic E-state index is -0.846. The second-order valence-corrected chi connectivity index (χ2v) is 5.39. The molecule has 1 aromatic rings. The number of nitrogens with one attached hydrogen (secondary N) is 1. The molecule has 19 heavy (non-hydrogen) atoms. The monoisotopic (exact) mass is 269 g/mol. The van der Waals surface area contributed by atoms with Gasteiger partial charge in [0.2, 0.25) is 0 Å². The van der Waals surface area contributed by atoms with Crippen LogP contribution in [0.3, 0.4) is 0 Å². The molecule has 0 heterocycles. The summed E-state index contributed by atoms with van der Waals surface area (Å²) in [5, 5.41) is 11.9. The second-order valence-electron chi connectivity index (χ2n) is 5.39. The number of hydrogen-bond acceptors (Lipinski definition) is 3. The molecular weight excluding hydrogens is 249 g/mol. The van der Waals surface area contributed by atoms with Crippen molar-refractivity contribution in [2.24, 2.45) is 0 Å². The average molecular weight is 269 g/mol. The molecule has 0 fully saturated rings. The summed E-state index contributed by atoms with van der Waals surface area (Å²) in [4.78, 5) is 11.9. The molecule has 0 saturated heterocycles. The first-order valence-corrected chi connectivity index (χ1v) is 6.11. The molecule has 2 N–H and O–H groups in total. The molecule has 0 saturated carbocycles. The van der Waals surface area contributed by atoms with Crippen molar-refractivity contribution >= 4 is 5.91 Å². The molecule has 1 amide bonds. The third-order valence-corrected chi connectivity index (χ3v) is 2.38. The van der Waals surface area contributed by atoms with E-state index in [4.69, 9.17) is 9.84 Å². The van der Waals surface area contributed by atoms with Crippen molar-refractivity contribution in [3.8, 4) is 5.75 Å². The Morgan fingerprint density at radius 3 is 2.63 bits per heavy atom. The highest BCUT2D eigenvalue weighted by Gasteiger charge is 2.22. The number of rotatable bonds is 4. The maximum absolute atomic E-state index is 13.6. The van der Waals surface area contributed by atoms with Crippen LogP contribution in [0, 0.1) is 5.82 Å². The average Bonchev–Trinajstić information content (AvgIpc) is 2.29. The lowest BCUT2D eigenvalue weighted by molar-refractivity contribution is -0.128. The number of halogens is 1. The van der Waals surface area contributed by atoms with Crippen LogP contribution in [0.15, 0.2) is 18.2 Å². The van der Waals surface area contributed by atoms with Crippen LogP contribution in [-0.2, 0) is 11.4 Å².